The molecule has 0 saturated carbocycles. The van der Waals surface area contributed by atoms with Crippen molar-refractivity contribution in [3.8, 4) is 22.6 Å². The predicted molar refractivity (Wildman–Crippen MR) is 123 cm³/mol. The Hall–Kier alpha value is -3.38. The van der Waals surface area contributed by atoms with Crippen molar-refractivity contribution in [1.29, 1.82) is 0 Å². The molecule has 0 fully saturated rings. The van der Waals surface area contributed by atoms with Gasteiger partial charge in [-0.15, -0.1) is 0 Å². The summed E-state index contributed by atoms with van der Waals surface area (Å²) >= 11 is 0. The lowest BCUT2D eigenvalue weighted by molar-refractivity contribution is 0.340. The normalized spacial score (nSPS) is 11.2. The number of hydrogen-bond acceptors (Lipinski definition) is 5. The number of aromatic nitrogens is 3. The predicted octanol–water partition coefficient (Wildman–Crippen LogP) is 4.46. The first-order valence-electron chi connectivity index (χ1n) is 10.2. The van der Waals surface area contributed by atoms with Crippen molar-refractivity contribution in [2.45, 2.75) is 6.92 Å². The minimum absolute atomic E-state index is 0.652. The molecule has 0 atom stereocenters. The van der Waals surface area contributed by atoms with Crippen LogP contribution in [0.5, 0.6) is 5.75 Å². The van der Waals surface area contributed by atoms with Crippen molar-refractivity contribution in [3.63, 3.8) is 0 Å². The maximum Gasteiger partial charge on any atom is 0.150 e. The van der Waals surface area contributed by atoms with Gasteiger partial charge in [0.15, 0.2) is 5.65 Å². The summed E-state index contributed by atoms with van der Waals surface area (Å²) in [7, 11) is 4.13. The summed E-state index contributed by atoms with van der Waals surface area (Å²) in [6.45, 7) is 4.37. The van der Waals surface area contributed by atoms with Gasteiger partial charge < -0.3 is 19.5 Å². The van der Waals surface area contributed by atoms with Crippen LogP contribution in [-0.2, 0) is 0 Å². The van der Waals surface area contributed by atoms with Crippen molar-refractivity contribution >= 4 is 16.9 Å². The summed E-state index contributed by atoms with van der Waals surface area (Å²) < 4.78 is 7.71. The van der Waals surface area contributed by atoms with E-state index in [0.717, 1.165) is 52.5 Å². The summed E-state index contributed by atoms with van der Waals surface area (Å²) in [5, 5.41) is 4.52. The number of likely N-dealkylation sites (N-methyl/N-ethyl adjacent to an activating group) is 1. The Morgan fingerprint density at radius 1 is 1.00 bits per heavy atom. The molecule has 2 aromatic heterocycles. The van der Waals surface area contributed by atoms with Gasteiger partial charge in [-0.1, -0.05) is 30.3 Å². The van der Waals surface area contributed by atoms with Crippen LogP contribution < -0.4 is 10.1 Å². The van der Waals surface area contributed by atoms with Gasteiger partial charge in [-0.3, -0.25) is 0 Å². The van der Waals surface area contributed by atoms with E-state index in [2.05, 4.69) is 81.4 Å². The van der Waals surface area contributed by atoms with Crippen molar-refractivity contribution in [2.75, 3.05) is 39.1 Å². The zero-order chi connectivity index (χ0) is 20.9. The van der Waals surface area contributed by atoms with Gasteiger partial charge in [-0.2, -0.15) is 0 Å². The summed E-state index contributed by atoms with van der Waals surface area (Å²) in [5.41, 5.74) is 4.15. The maximum absolute atomic E-state index is 5.59. The fourth-order valence-corrected chi connectivity index (χ4v) is 3.50. The average Bonchev–Trinajstić information content (AvgIpc) is 3.16. The second-order valence-electron chi connectivity index (χ2n) is 7.36. The van der Waals surface area contributed by atoms with Gasteiger partial charge in [0.1, 0.15) is 17.9 Å². The van der Waals surface area contributed by atoms with Crippen LogP contribution in [0.1, 0.15) is 6.92 Å². The Morgan fingerprint density at radius 3 is 2.47 bits per heavy atom. The van der Waals surface area contributed by atoms with Crippen LogP contribution in [0.4, 0.5) is 5.82 Å². The van der Waals surface area contributed by atoms with Gasteiger partial charge in [-0.25, -0.2) is 9.97 Å². The molecular weight excluding hydrogens is 374 g/mol. The lowest BCUT2D eigenvalue weighted by atomic mass is 10.1. The molecule has 0 aliphatic heterocycles. The highest BCUT2D eigenvalue weighted by molar-refractivity contribution is 6.02. The van der Waals surface area contributed by atoms with Crippen LogP contribution in [0, 0.1) is 0 Å². The zero-order valence-electron chi connectivity index (χ0n) is 17.7. The van der Waals surface area contributed by atoms with Gasteiger partial charge in [0.05, 0.1) is 12.0 Å². The number of anilines is 1. The molecule has 2 heterocycles. The third-order valence-corrected chi connectivity index (χ3v) is 4.95. The van der Waals surface area contributed by atoms with E-state index in [0.29, 0.717) is 6.61 Å². The second kappa shape index (κ2) is 8.97. The Labute approximate surface area is 177 Å². The van der Waals surface area contributed by atoms with E-state index in [1.807, 2.05) is 25.1 Å². The summed E-state index contributed by atoms with van der Waals surface area (Å²) in [6, 6.07) is 18.5. The van der Waals surface area contributed by atoms with Crippen molar-refractivity contribution < 1.29 is 4.74 Å². The van der Waals surface area contributed by atoms with E-state index in [1.165, 1.54) is 0 Å². The smallest absolute Gasteiger partial charge is 0.150 e. The van der Waals surface area contributed by atoms with Gasteiger partial charge in [-0.05, 0) is 50.8 Å². The van der Waals surface area contributed by atoms with E-state index < -0.39 is 0 Å². The molecular formula is C24H27N5O. The number of rotatable bonds is 8. The third-order valence-electron chi connectivity index (χ3n) is 4.95. The van der Waals surface area contributed by atoms with Crippen LogP contribution in [0.2, 0.25) is 0 Å². The van der Waals surface area contributed by atoms with E-state index in [1.54, 1.807) is 6.33 Å². The SMILES string of the molecule is CCOc1ccc(-n2cc(-c3ccccc3)c3c(NCCN(C)C)ncnc32)cc1. The minimum Gasteiger partial charge on any atom is -0.494 e. The van der Waals surface area contributed by atoms with Crippen LogP contribution >= 0.6 is 0 Å². The lowest BCUT2D eigenvalue weighted by Crippen LogP contribution is -2.21. The fourth-order valence-electron chi connectivity index (χ4n) is 3.50. The molecule has 2 aromatic carbocycles. The standard InChI is InChI=1S/C24H27N5O/c1-4-30-20-12-10-19(11-13-20)29-16-21(18-8-6-5-7-9-18)22-23(25-14-15-28(2)3)26-17-27-24(22)29/h5-13,16-17H,4,14-15H2,1-3H3,(H,25,26,27). The first-order valence-corrected chi connectivity index (χ1v) is 10.2. The maximum atomic E-state index is 5.59. The van der Waals surface area contributed by atoms with Crippen molar-refractivity contribution in [1.82, 2.24) is 19.4 Å². The molecule has 0 bridgehead atoms. The molecule has 4 rings (SSSR count). The van der Waals surface area contributed by atoms with E-state index in [4.69, 9.17) is 4.74 Å². The highest BCUT2D eigenvalue weighted by Gasteiger charge is 2.17. The van der Waals surface area contributed by atoms with Crippen LogP contribution in [0.15, 0.2) is 67.1 Å². The number of nitrogens with one attached hydrogen (secondary N) is 1. The van der Waals surface area contributed by atoms with Crippen molar-refractivity contribution in [2.24, 2.45) is 0 Å². The van der Waals surface area contributed by atoms with Gasteiger partial charge >= 0.3 is 0 Å². The second-order valence-corrected chi connectivity index (χ2v) is 7.36. The van der Waals surface area contributed by atoms with Crippen LogP contribution in [-0.4, -0.2) is 53.2 Å². The van der Waals surface area contributed by atoms with Gasteiger partial charge in [0.2, 0.25) is 0 Å². The molecule has 0 saturated heterocycles. The Kier molecular flexibility index (Phi) is 5.95. The fraction of sp³-hybridized carbons (Fsp3) is 0.250. The molecule has 0 radical (unpaired) electrons. The van der Waals surface area contributed by atoms with E-state index in [-0.39, 0.29) is 0 Å². The van der Waals surface area contributed by atoms with E-state index >= 15 is 0 Å². The summed E-state index contributed by atoms with van der Waals surface area (Å²) in [6.07, 6.45) is 3.77. The number of ether oxygens (including phenoxy) is 1. The van der Waals surface area contributed by atoms with Gasteiger partial charge in [0.25, 0.3) is 0 Å². The van der Waals surface area contributed by atoms with Crippen molar-refractivity contribution in [3.05, 3.63) is 67.1 Å². The number of benzene rings is 2. The molecule has 6 heteroatoms. The third kappa shape index (κ3) is 4.14. The van der Waals surface area contributed by atoms with Crippen LogP contribution in [0.25, 0.3) is 27.8 Å². The molecule has 0 aliphatic rings. The first-order chi connectivity index (χ1) is 14.7. The number of fused-ring (bicyclic) bond motifs is 1. The number of hydrogen-bond donors (Lipinski definition) is 1. The first kappa shape index (κ1) is 19.9. The Bertz CT molecular complexity index is 1100. The summed E-state index contributed by atoms with van der Waals surface area (Å²) in [5.74, 6) is 1.71. The molecule has 0 unspecified atom stereocenters. The van der Waals surface area contributed by atoms with E-state index in [9.17, 15) is 0 Å². The largest absolute Gasteiger partial charge is 0.494 e. The average molecular weight is 402 g/mol. The molecule has 1 N–H and O–H groups in total. The topological polar surface area (TPSA) is 55.2 Å². The highest BCUT2D eigenvalue weighted by atomic mass is 16.5. The molecule has 6 nitrogen and oxygen atoms in total. The van der Waals surface area contributed by atoms with Crippen LogP contribution in [0.3, 0.4) is 0 Å². The monoisotopic (exact) mass is 401 g/mol. The van der Waals surface area contributed by atoms with Gasteiger partial charge in [0, 0.05) is 30.5 Å². The Morgan fingerprint density at radius 2 is 1.77 bits per heavy atom. The zero-order valence-corrected chi connectivity index (χ0v) is 17.7. The minimum atomic E-state index is 0.652. The summed E-state index contributed by atoms with van der Waals surface area (Å²) in [4.78, 5) is 11.3. The lowest BCUT2D eigenvalue weighted by Gasteiger charge is -2.12. The molecule has 154 valence electrons. The molecule has 0 amide bonds. The Balaban J connectivity index is 1.83. The molecule has 0 spiro atoms. The molecule has 4 aromatic rings. The molecule has 30 heavy (non-hydrogen) atoms. The quantitative estimate of drug-likeness (QED) is 0.472. The number of nitrogens with zero attached hydrogens (tertiary/aromatic N) is 4. The highest BCUT2D eigenvalue weighted by Crippen LogP contribution is 2.35. The molecule has 0 aliphatic carbocycles.